The van der Waals surface area contributed by atoms with Crippen molar-refractivity contribution in [2.75, 3.05) is 0 Å². The van der Waals surface area contributed by atoms with Crippen molar-refractivity contribution in [2.45, 2.75) is 38.8 Å². The van der Waals surface area contributed by atoms with Crippen LogP contribution in [0, 0.1) is 0 Å². The van der Waals surface area contributed by atoms with E-state index in [0.29, 0.717) is 12.2 Å². The first-order valence-corrected chi connectivity index (χ1v) is 5.70. The van der Waals surface area contributed by atoms with Crippen LogP contribution in [0.25, 0.3) is 0 Å². The molecule has 4 heteroatoms. The SMILES string of the molecule is C=CCn1c2c(nc(CN)c1=O)CCCC2. The molecule has 86 valence electrons. The summed E-state index contributed by atoms with van der Waals surface area (Å²) in [5.41, 5.74) is 8.10. The van der Waals surface area contributed by atoms with Crippen molar-refractivity contribution in [3.63, 3.8) is 0 Å². The lowest BCUT2D eigenvalue weighted by atomic mass is 10.00. The Morgan fingerprint density at radius 2 is 2.19 bits per heavy atom. The van der Waals surface area contributed by atoms with Gasteiger partial charge in [-0.3, -0.25) is 4.79 Å². The van der Waals surface area contributed by atoms with Gasteiger partial charge in [0.25, 0.3) is 5.56 Å². The van der Waals surface area contributed by atoms with Gasteiger partial charge >= 0.3 is 0 Å². The van der Waals surface area contributed by atoms with Crippen LogP contribution in [0.2, 0.25) is 0 Å². The van der Waals surface area contributed by atoms with Crippen LogP contribution in [0.4, 0.5) is 0 Å². The molecule has 0 aliphatic heterocycles. The predicted octanol–water partition coefficient (Wildman–Crippen LogP) is 0.767. The lowest BCUT2D eigenvalue weighted by Crippen LogP contribution is -2.32. The molecule has 16 heavy (non-hydrogen) atoms. The fourth-order valence-corrected chi connectivity index (χ4v) is 2.23. The molecular formula is C12H17N3O. The van der Waals surface area contributed by atoms with E-state index in [1.54, 1.807) is 10.6 Å². The molecule has 1 aromatic rings. The van der Waals surface area contributed by atoms with Crippen LogP contribution < -0.4 is 11.3 Å². The molecule has 1 aliphatic carbocycles. The Bertz CT molecular complexity index is 462. The van der Waals surface area contributed by atoms with Gasteiger partial charge in [-0.1, -0.05) is 6.08 Å². The number of hydrogen-bond donors (Lipinski definition) is 1. The number of aryl methyl sites for hydroxylation is 1. The molecule has 1 aromatic heterocycles. The highest BCUT2D eigenvalue weighted by Gasteiger charge is 2.17. The molecule has 0 fully saturated rings. The largest absolute Gasteiger partial charge is 0.325 e. The lowest BCUT2D eigenvalue weighted by molar-refractivity contribution is 0.579. The zero-order valence-corrected chi connectivity index (χ0v) is 9.41. The number of nitrogens with two attached hydrogens (primary N) is 1. The third-order valence-corrected chi connectivity index (χ3v) is 3.00. The zero-order valence-electron chi connectivity index (χ0n) is 9.41. The second-order valence-electron chi connectivity index (χ2n) is 4.07. The van der Waals surface area contributed by atoms with E-state index in [4.69, 9.17) is 5.73 Å². The van der Waals surface area contributed by atoms with Crippen LogP contribution in [-0.2, 0) is 25.9 Å². The summed E-state index contributed by atoms with van der Waals surface area (Å²) in [6.45, 7) is 4.45. The molecule has 0 unspecified atom stereocenters. The number of nitrogens with zero attached hydrogens (tertiary/aromatic N) is 2. The third-order valence-electron chi connectivity index (χ3n) is 3.00. The van der Waals surface area contributed by atoms with Gasteiger partial charge in [-0.25, -0.2) is 4.98 Å². The Balaban J connectivity index is 2.62. The minimum Gasteiger partial charge on any atom is -0.325 e. The van der Waals surface area contributed by atoms with Gasteiger partial charge in [0.1, 0.15) is 5.69 Å². The summed E-state index contributed by atoms with van der Waals surface area (Å²) >= 11 is 0. The van der Waals surface area contributed by atoms with Gasteiger partial charge in [-0.05, 0) is 25.7 Å². The summed E-state index contributed by atoms with van der Waals surface area (Å²) < 4.78 is 1.77. The fraction of sp³-hybridized carbons (Fsp3) is 0.500. The Kier molecular flexibility index (Phi) is 3.19. The predicted molar refractivity (Wildman–Crippen MR) is 63.2 cm³/mol. The minimum atomic E-state index is -0.0527. The second-order valence-corrected chi connectivity index (χ2v) is 4.07. The molecule has 0 saturated heterocycles. The Hall–Kier alpha value is -1.42. The maximum atomic E-state index is 12.0. The molecule has 0 atom stereocenters. The average molecular weight is 219 g/mol. The Morgan fingerprint density at radius 3 is 2.88 bits per heavy atom. The zero-order chi connectivity index (χ0) is 11.5. The number of fused-ring (bicyclic) bond motifs is 1. The smallest absolute Gasteiger partial charge is 0.274 e. The number of rotatable bonds is 3. The summed E-state index contributed by atoms with van der Waals surface area (Å²) in [5.74, 6) is 0. The van der Waals surface area contributed by atoms with Crippen LogP contribution in [0.3, 0.4) is 0 Å². The van der Waals surface area contributed by atoms with Crippen molar-refractivity contribution in [1.82, 2.24) is 9.55 Å². The molecular weight excluding hydrogens is 202 g/mol. The van der Waals surface area contributed by atoms with Gasteiger partial charge in [0.15, 0.2) is 0 Å². The standard InChI is InChI=1S/C12H17N3O/c1-2-7-15-11-6-4-3-5-9(11)14-10(8-13)12(15)16/h2H,1,3-8,13H2. The Labute approximate surface area is 94.8 Å². The maximum Gasteiger partial charge on any atom is 0.274 e. The highest BCUT2D eigenvalue weighted by Crippen LogP contribution is 2.18. The molecule has 2 rings (SSSR count). The van der Waals surface area contributed by atoms with Crippen molar-refractivity contribution in [1.29, 1.82) is 0 Å². The topological polar surface area (TPSA) is 60.9 Å². The van der Waals surface area contributed by atoms with E-state index < -0.39 is 0 Å². The summed E-state index contributed by atoms with van der Waals surface area (Å²) in [7, 11) is 0. The number of allylic oxidation sites excluding steroid dienone is 1. The number of aromatic nitrogens is 2. The highest BCUT2D eigenvalue weighted by atomic mass is 16.1. The van der Waals surface area contributed by atoms with Gasteiger partial charge in [0.05, 0.1) is 5.69 Å². The molecule has 0 saturated carbocycles. The lowest BCUT2D eigenvalue weighted by Gasteiger charge is -2.20. The quantitative estimate of drug-likeness (QED) is 0.764. The molecule has 0 spiro atoms. The first kappa shape index (κ1) is 11.1. The van der Waals surface area contributed by atoms with Crippen LogP contribution in [0.5, 0.6) is 0 Å². The van der Waals surface area contributed by atoms with Gasteiger partial charge in [-0.15, -0.1) is 6.58 Å². The second kappa shape index (κ2) is 4.61. The minimum absolute atomic E-state index is 0.0527. The van der Waals surface area contributed by atoms with E-state index in [1.165, 1.54) is 0 Å². The van der Waals surface area contributed by atoms with Crippen LogP contribution >= 0.6 is 0 Å². The molecule has 1 heterocycles. The van der Waals surface area contributed by atoms with Crippen molar-refractivity contribution in [3.05, 3.63) is 40.1 Å². The van der Waals surface area contributed by atoms with Crippen LogP contribution in [-0.4, -0.2) is 9.55 Å². The average Bonchev–Trinajstić information content (AvgIpc) is 2.32. The van der Waals surface area contributed by atoms with Crippen LogP contribution in [0.15, 0.2) is 17.4 Å². The highest BCUT2D eigenvalue weighted by molar-refractivity contribution is 5.19. The Morgan fingerprint density at radius 1 is 1.44 bits per heavy atom. The monoisotopic (exact) mass is 219 g/mol. The van der Waals surface area contributed by atoms with E-state index in [9.17, 15) is 4.79 Å². The normalized spacial score (nSPS) is 14.6. The number of hydrogen-bond acceptors (Lipinski definition) is 3. The van der Waals surface area contributed by atoms with E-state index >= 15 is 0 Å². The molecule has 0 bridgehead atoms. The molecule has 0 aromatic carbocycles. The molecule has 0 amide bonds. The first-order valence-electron chi connectivity index (χ1n) is 5.70. The summed E-state index contributed by atoms with van der Waals surface area (Å²) in [4.78, 5) is 16.4. The van der Waals surface area contributed by atoms with E-state index in [0.717, 1.165) is 37.1 Å². The summed E-state index contributed by atoms with van der Waals surface area (Å²) in [6, 6.07) is 0. The molecule has 4 nitrogen and oxygen atoms in total. The summed E-state index contributed by atoms with van der Waals surface area (Å²) in [6.07, 6.45) is 5.93. The van der Waals surface area contributed by atoms with E-state index in [1.807, 2.05) is 0 Å². The van der Waals surface area contributed by atoms with Gasteiger partial charge in [-0.2, -0.15) is 0 Å². The third kappa shape index (κ3) is 1.80. The van der Waals surface area contributed by atoms with Crippen LogP contribution in [0.1, 0.15) is 29.9 Å². The van der Waals surface area contributed by atoms with Crippen molar-refractivity contribution in [3.8, 4) is 0 Å². The molecule has 0 radical (unpaired) electrons. The van der Waals surface area contributed by atoms with Crippen molar-refractivity contribution in [2.24, 2.45) is 5.73 Å². The molecule has 1 aliphatic rings. The maximum absolute atomic E-state index is 12.0. The van der Waals surface area contributed by atoms with Gasteiger partial charge < -0.3 is 10.3 Å². The fourth-order valence-electron chi connectivity index (χ4n) is 2.23. The molecule has 2 N–H and O–H groups in total. The van der Waals surface area contributed by atoms with Crippen molar-refractivity contribution < 1.29 is 0 Å². The van der Waals surface area contributed by atoms with E-state index in [-0.39, 0.29) is 12.1 Å². The van der Waals surface area contributed by atoms with Crippen molar-refractivity contribution >= 4 is 0 Å². The summed E-state index contributed by atoms with van der Waals surface area (Å²) in [5, 5.41) is 0. The van der Waals surface area contributed by atoms with E-state index in [2.05, 4.69) is 11.6 Å². The first-order chi connectivity index (χ1) is 7.77. The van der Waals surface area contributed by atoms with Gasteiger partial charge in [0.2, 0.25) is 0 Å². The van der Waals surface area contributed by atoms with Gasteiger partial charge in [0, 0.05) is 18.8 Å².